The van der Waals surface area contributed by atoms with E-state index in [0.29, 0.717) is 11.0 Å². The molecule has 2 rings (SSSR count). The van der Waals surface area contributed by atoms with E-state index < -0.39 is 0 Å². The predicted octanol–water partition coefficient (Wildman–Crippen LogP) is 2.14. The zero-order chi connectivity index (χ0) is 18.1. The lowest BCUT2D eigenvalue weighted by molar-refractivity contribution is -0.122. The number of aromatic nitrogens is 3. The molecular formula is C17H26N6OS. The number of para-hydroxylation sites is 1. The lowest BCUT2D eigenvalue weighted by Crippen LogP contribution is -2.48. The third-order valence-electron chi connectivity index (χ3n) is 4.12. The second-order valence-corrected chi connectivity index (χ2v) is 6.44. The maximum absolute atomic E-state index is 12.0. The van der Waals surface area contributed by atoms with Crippen molar-refractivity contribution < 1.29 is 4.79 Å². The zero-order valence-electron chi connectivity index (χ0n) is 14.8. The second-order valence-electron chi connectivity index (χ2n) is 6.04. The molecule has 1 aromatic heterocycles. The summed E-state index contributed by atoms with van der Waals surface area (Å²) in [5.74, 6) is 0.356. The van der Waals surface area contributed by atoms with Crippen LogP contribution in [0.1, 0.15) is 39.5 Å². The second kappa shape index (κ2) is 9.93. The summed E-state index contributed by atoms with van der Waals surface area (Å²) in [5.41, 5.74) is 6.91. The van der Waals surface area contributed by atoms with Crippen LogP contribution in [0.4, 0.5) is 0 Å². The zero-order valence-corrected chi connectivity index (χ0v) is 15.6. The van der Waals surface area contributed by atoms with Gasteiger partial charge in [-0.1, -0.05) is 50.5 Å². The van der Waals surface area contributed by atoms with Crippen molar-refractivity contribution in [3.8, 4) is 0 Å². The number of hydrogen-bond donors (Lipinski definition) is 3. The fourth-order valence-corrected chi connectivity index (χ4v) is 2.70. The van der Waals surface area contributed by atoms with Crippen LogP contribution >= 0.6 is 12.2 Å². The molecule has 0 unspecified atom stereocenters. The van der Waals surface area contributed by atoms with Gasteiger partial charge in [0.25, 0.3) is 5.91 Å². The lowest BCUT2D eigenvalue weighted by Gasteiger charge is -2.17. The highest BCUT2D eigenvalue weighted by molar-refractivity contribution is 7.80. The Bertz CT molecular complexity index is 701. The minimum Gasteiger partial charge on any atom is -0.361 e. The minimum absolute atomic E-state index is 0.0736. The first kappa shape index (κ1) is 19.1. The summed E-state index contributed by atoms with van der Waals surface area (Å²) in [6.45, 7) is 5.26. The van der Waals surface area contributed by atoms with E-state index in [4.69, 9.17) is 12.2 Å². The molecule has 1 heterocycles. The summed E-state index contributed by atoms with van der Waals surface area (Å²) >= 11 is 5.20. The molecule has 0 bridgehead atoms. The van der Waals surface area contributed by atoms with Crippen molar-refractivity contribution >= 4 is 34.3 Å². The number of benzene rings is 1. The Kier molecular flexibility index (Phi) is 7.59. The Labute approximate surface area is 153 Å². The summed E-state index contributed by atoms with van der Waals surface area (Å²) in [6, 6.07) is 7.51. The smallest absolute Gasteiger partial charge is 0.260 e. The van der Waals surface area contributed by atoms with Crippen LogP contribution < -0.4 is 16.2 Å². The van der Waals surface area contributed by atoms with Gasteiger partial charge in [0.15, 0.2) is 5.11 Å². The van der Waals surface area contributed by atoms with E-state index in [2.05, 4.69) is 40.3 Å². The molecule has 0 radical (unpaired) electrons. The number of carbonyl (C=O) groups is 1. The first-order chi connectivity index (χ1) is 12.1. The molecular weight excluding hydrogens is 336 g/mol. The van der Waals surface area contributed by atoms with Crippen molar-refractivity contribution in [2.75, 3.05) is 6.54 Å². The number of hydrogen-bond acceptors (Lipinski definition) is 4. The predicted molar refractivity (Wildman–Crippen MR) is 103 cm³/mol. The quantitative estimate of drug-likeness (QED) is 0.493. The molecule has 2 aromatic rings. The molecule has 7 nitrogen and oxygen atoms in total. The molecule has 8 heteroatoms. The van der Waals surface area contributed by atoms with Crippen LogP contribution in [0.25, 0.3) is 11.0 Å². The van der Waals surface area contributed by atoms with E-state index in [1.54, 1.807) is 4.68 Å². The Hall–Kier alpha value is -2.22. The van der Waals surface area contributed by atoms with Gasteiger partial charge in [-0.15, -0.1) is 5.10 Å². The Morgan fingerprint density at radius 1 is 1.28 bits per heavy atom. The molecule has 0 saturated heterocycles. The number of thiocarbonyl (C=S) groups is 1. The van der Waals surface area contributed by atoms with E-state index in [1.807, 2.05) is 24.3 Å². The van der Waals surface area contributed by atoms with Crippen molar-refractivity contribution in [1.29, 1.82) is 0 Å². The van der Waals surface area contributed by atoms with Crippen LogP contribution in [0, 0.1) is 5.92 Å². The van der Waals surface area contributed by atoms with Gasteiger partial charge in [0.2, 0.25) is 0 Å². The van der Waals surface area contributed by atoms with Crippen molar-refractivity contribution in [1.82, 2.24) is 31.2 Å². The van der Waals surface area contributed by atoms with E-state index in [9.17, 15) is 4.79 Å². The van der Waals surface area contributed by atoms with Crippen LogP contribution in [0.2, 0.25) is 0 Å². The van der Waals surface area contributed by atoms with Crippen molar-refractivity contribution in [3.63, 3.8) is 0 Å². The average Bonchev–Trinajstić information content (AvgIpc) is 3.03. The third kappa shape index (κ3) is 5.97. The van der Waals surface area contributed by atoms with Crippen molar-refractivity contribution in [3.05, 3.63) is 24.3 Å². The molecule has 0 fully saturated rings. The minimum atomic E-state index is -0.238. The van der Waals surface area contributed by atoms with E-state index in [0.717, 1.165) is 24.0 Å². The highest BCUT2D eigenvalue weighted by atomic mass is 32.1. The largest absolute Gasteiger partial charge is 0.361 e. The summed E-state index contributed by atoms with van der Waals surface area (Å²) in [4.78, 5) is 12.0. The fraction of sp³-hybridized carbons (Fsp3) is 0.529. The standard InChI is InChI=1S/C17H26N6OS/c1-3-5-8-13(4-2)11-18-17(25)21-20-16(24)12-23-15-10-7-6-9-14(15)19-22-23/h6-7,9-10,13H,3-5,8,11-12H2,1-2H3,(H,20,24)(H2,18,21,25)/t13-/m1/s1. The van der Waals surface area contributed by atoms with E-state index >= 15 is 0 Å². The van der Waals surface area contributed by atoms with Gasteiger partial charge in [-0.05, 0) is 36.7 Å². The number of unbranched alkanes of at least 4 members (excludes halogenated alkanes) is 1. The Morgan fingerprint density at radius 3 is 2.84 bits per heavy atom. The molecule has 0 spiro atoms. The molecule has 3 N–H and O–H groups in total. The van der Waals surface area contributed by atoms with Crippen LogP contribution in [-0.4, -0.2) is 32.6 Å². The Morgan fingerprint density at radius 2 is 2.08 bits per heavy atom. The van der Waals surface area contributed by atoms with Gasteiger partial charge in [0.1, 0.15) is 12.1 Å². The monoisotopic (exact) mass is 362 g/mol. The van der Waals surface area contributed by atoms with Gasteiger partial charge in [-0.3, -0.25) is 15.6 Å². The van der Waals surface area contributed by atoms with Gasteiger partial charge < -0.3 is 5.32 Å². The molecule has 0 aliphatic rings. The highest BCUT2D eigenvalue weighted by Crippen LogP contribution is 2.11. The summed E-state index contributed by atoms with van der Waals surface area (Å²) in [7, 11) is 0. The average molecular weight is 363 g/mol. The van der Waals surface area contributed by atoms with Gasteiger partial charge in [0, 0.05) is 6.54 Å². The molecule has 0 aliphatic carbocycles. The SMILES string of the molecule is CCCC[C@@H](CC)CNC(=S)NNC(=O)Cn1nnc2ccccc21. The van der Waals surface area contributed by atoms with Crippen LogP contribution in [0.3, 0.4) is 0 Å². The number of amides is 1. The third-order valence-corrected chi connectivity index (χ3v) is 4.37. The lowest BCUT2D eigenvalue weighted by atomic mass is 9.99. The summed E-state index contributed by atoms with van der Waals surface area (Å²) in [6.07, 6.45) is 4.73. The molecule has 1 atom stereocenters. The number of nitrogens with one attached hydrogen (secondary N) is 3. The normalized spacial score (nSPS) is 11.9. The fourth-order valence-electron chi connectivity index (χ4n) is 2.56. The van der Waals surface area contributed by atoms with Crippen LogP contribution in [-0.2, 0) is 11.3 Å². The number of fused-ring (bicyclic) bond motifs is 1. The van der Waals surface area contributed by atoms with E-state index in [1.165, 1.54) is 19.3 Å². The molecule has 136 valence electrons. The molecule has 1 amide bonds. The molecule has 0 aliphatic heterocycles. The van der Waals surface area contributed by atoms with Crippen molar-refractivity contribution in [2.24, 2.45) is 5.92 Å². The topological polar surface area (TPSA) is 83.9 Å². The maximum Gasteiger partial charge on any atom is 0.260 e. The molecule has 0 saturated carbocycles. The molecule has 25 heavy (non-hydrogen) atoms. The van der Waals surface area contributed by atoms with Gasteiger partial charge in [0.05, 0.1) is 5.52 Å². The van der Waals surface area contributed by atoms with Gasteiger partial charge >= 0.3 is 0 Å². The first-order valence-corrected chi connectivity index (χ1v) is 9.15. The van der Waals surface area contributed by atoms with Gasteiger partial charge in [-0.25, -0.2) is 4.68 Å². The van der Waals surface area contributed by atoms with Gasteiger partial charge in [-0.2, -0.15) is 0 Å². The molecule has 1 aromatic carbocycles. The van der Waals surface area contributed by atoms with Crippen LogP contribution in [0.5, 0.6) is 0 Å². The number of rotatable bonds is 8. The van der Waals surface area contributed by atoms with Crippen molar-refractivity contribution in [2.45, 2.75) is 46.1 Å². The number of hydrazine groups is 1. The number of nitrogens with zero attached hydrogens (tertiary/aromatic N) is 3. The van der Waals surface area contributed by atoms with E-state index in [-0.39, 0.29) is 12.5 Å². The summed E-state index contributed by atoms with van der Waals surface area (Å²) in [5, 5.41) is 11.6. The number of carbonyl (C=O) groups excluding carboxylic acids is 1. The Balaban J connectivity index is 1.73. The first-order valence-electron chi connectivity index (χ1n) is 8.75. The summed E-state index contributed by atoms with van der Waals surface area (Å²) < 4.78 is 1.56. The maximum atomic E-state index is 12.0. The van der Waals surface area contributed by atoms with Crippen LogP contribution in [0.15, 0.2) is 24.3 Å². The highest BCUT2D eigenvalue weighted by Gasteiger charge is 2.09.